The van der Waals surface area contributed by atoms with E-state index >= 15 is 0 Å². The molecule has 1 aromatic rings. The van der Waals surface area contributed by atoms with Crippen LogP contribution in [0.4, 0.5) is 4.39 Å². The van der Waals surface area contributed by atoms with Crippen molar-refractivity contribution in [2.75, 3.05) is 33.8 Å². The third kappa shape index (κ3) is 4.42. The molecule has 2 N–H and O–H groups in total. The molecular weight excluding hydrogens is 219 g/mol. The molecule has 0 fully saturated rings. The van der Waals surface area contributed by atoms with Crippen molar-refractivity contribution in [2.24, 2.45) is 0 Å². The van der Waals surface area contributed by atoms with E-state index in [0.29, 0.717) is 0 Å². The van der Waals surface area contributed by atoms with Gasteiger partial charge in [0.25, 0.3) is 0 Å². The fourth-order valence-corrected chi connectivity index (χ4v) is 1.72. The van der Waals surface area contributed by atoms with Gasteiger partial charge >= 0.3 is 0 Å². The highest BCUT2D eigenvalue weighted by Gasteiger charge is 2.12. The highest BCUT2D eigenvalue weighted by molar-refractivity contribution is 5.29. The van der Waals surface area contributed by atoms with Crippen LogP contribution in [0.5, 0.6) is 0 Å². The Kier molecular flexibility index (Phi) is 5.55. The summed E-state index contributed by atoms with van der Waals surface area (Å²) in [5, 5.41) is 12.6. The van der Waals surface area contributed by atoms with Gasteiger partial charge in [0, 0.05) is 13.1 Å². The number of nitrogens with one attached hydrogen (secondary N) is 1. The zero-order chi connectivity index (χ0) is 12.8. The van der Waals surface area contributed by atoms with Crippen LogP contribution in [0.15, 0.2) is 18.2 Å². The van der Waals surface area contributed by atoms with Crippen LogP contribution >= 0.6 is 0 Å². The van der Waals surface area contributed by atoms with Gasteiger partial charge in [-0.2, -0.15) is 0 Å². The summed E-state index contributed by atoms with van der Waals surface area (Å²) in [6.07, 6.45) is 0. The van der Waals surface area contributed by atoms with Crippen LogP contribution in [-0.2, 0) is 0 Å². The first-order chi connectivity index (χ1) is 8.04. The van der Waals surface area contributed by atoms with Crippen LogP contribution in [0, 0.1) is 12.7 Å². The van der Waals surface area contributed by atoms with Gasteiger partial charge in [-0.05, 0) is 44.3 Å². The number of aliphatic hydroxyl groups is 1. The molecule has 0 amide bonds. The molecule has 0 aliphatic carbocycles. The number of aliphatic hydroxyl groups excluding tert-OH is 1. The zero-order valence-electron chi connectivity index (χ0n) is 10.7. The normalized spacial score (nSPS) is 13.1. The van der Waals surface area contributed by atoms with E-state index in [0.717, 1.165) is 24.2 Å². The molecule has 0 saturated carbocycles. The second kappa shape index (κ2) is 6.69. The molecule has 17 heavy (non-hydrogen) atoms. The van der Waals surface area contributed by atoms with Crippen molar-refractivity contribution in [3.05, 3.63) is 35.1 Å². The summed E-state index contributed by atoms with van der Waals surface area (Å²) >= 11 is 0. The molecule has 4 heteroatoms. The van der Waals surface area contributed by atoms with Gasteiger partial charge in [0.15, 0.2) is 0 Å². The van der Waals surface area contributed by atoms with E-state index in [1.54, 1.807) is 6.07 Å². The van der Waals surface area contributed by atoms with Gasteiger partial charge in [-0.1, -0.05) is 6.07 Å². The SMILES string of the molecule is Cc1ccc(F)cc1C(CO)NCCN(C)C. The predicted molar refractivity (Wildman–Crippen MR) is 67.5 cm³/mol. The van der Waals surface area contributed by atoms with Crippen LogP contribution in [-0.4, -0.2) is 43.8 Å². The lowest BCUT2D eigenvalue weighted by Crippen LogP contribution is -2.32. The maximum absolute atomic E-state index is 13.2. The highest BCUT2D eigenvalue weighted by atomic mass is 19.1. The van der Waals surface area contributed by atoms with Crippen molar-refractivity contribution >= 4 is 0 Å². The molecule has 0 saturated heterocycles. The molecule has 1 atom stereocenters. The molecule has 0 aliphatic heterocycles. The van der Waals surface area contributed by atoms with E-state index in [1.807, 2.05) is 21.0 Å². The van der Waals surface area contributed by atoms with E-state index in [2.05, 4.69) is 10.2 Å². The van der Waals surface area contributed by atoms with Gasteiger partial charge in [-0.15, -0.1) is 0 Å². The standard InChI is InChI=1S/C13H21FN2O/c1-10-4-5-11(14)8-12(10)13(9-17)15-6-7-16(2)3/h4-5,8,13,15,17H,6-7,9H2,1-3H3. The Hall–Kier alpha value is -0.970. The van der Waals surface area contributed by atoms with E-state index in [9.17, 15) is 9.50 Å². The van der Waals surface area contributed by atoms with E-state index < -0.39 is 0 Å². The summed E-state index contributed by atoms with van der Waals surface area (Å²) in [7, 11) is 3.98. The highest BCUT2D eigenvalue weighted by Crippen LogP contribution is 2.18. The predicted octanol–water partition coefficient (Wildman–Crippen LogP) is 1.32. The van der Waals surface area contributed by atoms with Crippen molar-refractivity contribution in [1.82, 2.24) is 10.2 Å². The Balaban J connectivity index is 2.68. The monoisotopic (exact) mass is 240 g/mol. The number of hydrogen-bond acceptors (Lipinski definition) is 3. The lowest BCUT2D eigenvalue weighted by Gasteiger charge is -2.20. The summed E-state index contributed by atoms with van der Waals surface area (Å²) in [5.41, 5.74) is 1.81. The maximum atomic E-state index is 13.2. The number of hydrogen-bond donors (Lipinski definition) is 2. The minimum Gasteiger partial charge on any atom is -0.394 e. The first-order valence-corrected chi connectivity index (χ1v) is 5.79. The van der Waals surface area contributed by atoms with Crippen LogP contribution in [0.2, 0.25) is 0 Å². The molecule has 0 heterocycles. The maximum Gasteiger partial charge on any atom is 0.123 e. The summed E-state index contributed by atoms with van der Waals surface area (Å²) < 4.78 is 13.2. The summed E-state index contributed by atoms with van der Waals surface area (Å²) in [6.45, 7) is 3.53. The summed E-state index contributed by atoms with van der Waals surface area (Å²) in [6, 6.07) is 4.46. The van der Waals surface area contributed by atoms with Gasteiger partial charge in [-0.3, -0.25) is 0 Å². The molecule has 1 rings (SSSR count). The molecule has 1 unspecified atom stereocenters. The lowest BCUT2D eigenvalue weighted by atomic mass is 10.0. The van der Waals surface area contributed by atoms with Crippen molar-refractivity contribution in [3.63, 3.8) is 0 Å². The minimum atomic E-state index is -0.265. The molecule has 1 aromatic carbocycles. The third-order valence-electron chi connectivity index (χ3n) is 2.75. The van der Waals surface area contributed by atoms with Crippen molar-refractivity contribution in [2.45, 2.75) is 13.0 Å². The molecule has 0 bridgehead atoms. The average molecular weight is 240 g/mol. The topological polar surface area (TPSA) is 35.5 Å². The third-order valence-corrected chi connectivity index (χ3v) is 2.75. The zero-order valence-corrected chi connectivity index (χ0v) is 10.7. The van der Waals surface area contributed by atoms with Gasteiger partial charge in [-0.25, -0.2) is 4.39 Å². The number of nitrogens with zero attached hydrogens (tertiary/aromatic N) is 1. The first-order valence-electron chi connectivity index (χ1n) is 5.79. The molecule has 0 aromatic heterocycles. The number of benzene rings is 1. The second-order valence-corrected chi connectivity index (χ2v) is 4.49. The lowest BCUT2D eigenvalue weighted by molar-refractivity contribution is 0.239. The van der Waals surface area contributed by atoms with Gasteiger partial charge in [0.05, 0.1) is 12.6 Å². The number of aryl methyl sites for hydroxylation is 1. The summed E-state index contributed by atoms with van der Waals surface area (Å²) in [5.74, 6) is -0.265. The quantitative estimate of drug-likeness (QED) is 0.787. The second-order valence-electron chi connectivity index (χ2n) is 4.49. The minimum absolute atomic E-state index is 0.0300. The average Bonchev–Trinajstić information content (AvgIpc) is 2.28. The number of rotatable bonds is 6. The first kappa shape index (κ1) is 14.1. The molecule has 0 aliphatic rings. The summed E-state index contributed by atoms with van der Waals surface area (Å²) in [4.78, 5) is 2.06. The molecule has 0 radical (unpaired) electrons. The Morgan fingerprint density at radius 2 is 2.12 bits per heavy atom. The fourth-order valence-electron chi connectivity index (χ4n) is 1.72. The molecular formula is C13H21FN2O. The van der Waals surface area contributed by atoms with Crippen molar-refractivity contribution < 1.29 is 9.50 Å². The number of likely N-dealkylation sites (N-methyl/N-ethyl adjacent to an activating group) is 1. The van der Waals surface area contributed by atoms with Crippen LogP contribution in [0.25, 0.3) is 0 Å². The van der Waals surface area contributed by atoms with Crippen LogP contribution in [0.1, 0.15) is 17.2 Å². The Labute approximate surface area is 102 Å². The van der Waals surface area contributed by atoms with E-state index in [4.69, 9.17) is 0 Å². The van der Waals surface area contributed by atoms with Crippen LogP contribution in [0.3, 0.4) is 0 Å². The largest absolute Gasteiger partial charge is 0.394 e. The smallest absolute Gasteiger partial charge is 0.123 e. The van der Waals surface area contributed by atoms with Crippen molar-refractivity contribution in [3.8, 4) is 0 Å². The Morgan fingerprint density at radius 1 is 1.41 bits per heavy atom. The van der Waals surface area contributed by atoms with E-state index in [1.165, 1.54) is 12.1 Å². The fraction of sp³-hybridized carbons (Fsp3) is 0.538. The van der Waals surface area contributed by atoms with Gasteiger partial charge in [0.2, 0.25) is 0 Å². The Bertz CT molecular complexity index is 355. The van der Waals surface area contributed by atoms with Gasteiger partial charge in [0.1, 0.15) is 5.82 Å². The van der Waals surface area contributed by atoms with Crippen LogP contribution < -0.4 is 5.32 Å². The molecule has 3 nitrogen and oxygen atoms in total. The van der Waals surface area contributed by atoms with E-state index in [-0.39, 0.29) is 18.5 Å². The molecule has 96 valence electrons. The Morgan fingerprint density at radius 3 is 2.71 bits per heavy atom. The number of halogens is 1. The van der Waals surface area contributed by atoms with Gasteiger partial charge < -0.3 is 15.3 Å². The molecule has 0 spiro atoms. The van der Waals surface area contributed by atoms with Crippen molar-refractivity contribution in [1.29, 1.82) is 0 Å².